The molecule has 27 heavy (non-hydrogen) atoms. The molecule has 0 radical (unpaired) electrons. The van der Waals surface area contributed by atoms with Crippen molar-refractivity contribution in [3.63, 3.8) is 0 Å². The molecule has 3 aliphatic carbocycles. The normalized spacial score (nSPS) is 26.9. The molecule has 0 amide bonds. The van der Waals surface area contributed by atoms with Gasteiger partial charge in [0.25, 0.3) is 0 Å². The molecule has 3 fully saturated rings. The molecule has 3 saturated carbocycles. The third-order valence-corrected chi connectivity index (χ3v) is 11.2. The van der Waals surface area contributed by atoms with Crippen molar-refractivity contribution in [1.82, 2.24) is 0 Å². The van der Waals surface area contributed by atoms with E-state index < -0.39 is 0 Å². The Kier molecular flexibility index (Phi) is 9.06. The third kappa shape index (κ3) is 5.76. The van der Waals surface area contributed by atoms with Crippen molar-refractivity contribution < 1.29 is 19.5 Å². The molecule has 0 saturated heterocycles. The SMILES string of the molecule is C(=C1CCCCC1P(C1CCCCC1)C1CCCCC1)c1ccccc1.[Ru+2]. The van der Waals surface area contributed by atoms with E-state index >= 15 is 0 Å². The van der Waals surface area contributed by atoms with Crippen molar-refractivity contribution in [2.24, 2.45) is 0 Å². The Morgan fingerprint density at radius 2 is 1.22 bits per heavy atom. The Morgan fingerprint density at radius 3 is 1.81 bits per heavy atom. The second-order valence-electron chi connectivity index (χ2n) is 8.92. The first-order valence-electron chi connectivity index (χ1n) is 11.4. The van der Waals surface area contributed by atoms with Crippen molar-refractivity contribution in [2.75, 3.05) is 0 Å². The summed E-state index contributed by atoms with van der Waals surface area (Å²) in [4.78, 5) is 0. The van der Waals surface area contributed by atoms with E-state index in [9.17, 15) is 0 Å². The monoisotopic (exact) mass is 470 g/mol. The minimum atomic E-state index is 0. The van der Waals surface area contributed by atoms with Crippen molar-refractivity contribution >= 4 is 14.0 Å². The van der Waals surface area contributed by atoms with Crippen LogP contribution in [0.2, 0.25) is 0 Å². The number of rotatable bonds is 4. The van der Waals surface area contributed by atoms with Crippen LogP contribution in [0.15, 0.2) is 35.9 Å². The summed E-state index contributed by atoms with van der Waals surface area (Å²) in [6, 6.07) is 11.2. The van der Waals surface area contributed by atoms with E-state index in [0.717, 1.165) is 17.0 Å². The first-order chi connectivity index (χ1) is 12.9. The molecular weight excluding hydrogens is 432 g/mol. The fourth-order valence-corrected chi connectivity index (χ4v) is 10.5. The molecule has 2 heteroatoms. The van der Waals surface area contributed by atoms with Crippen LogP contribution in [0.3, 0.4) is 0 Å². The first-order valence-corrected chi connectivity index (χ1v) is 13.0. The van der Waals surface area contributed by atoms with Crippen molar-refractivity contribution in [3.8, 4) is 0 Å². The quantitative estimate of drug-likeness (QED) is 0.308. The summed E-state index contributed by atoms with van der Waals surface area (Å²) >= 11 is 0. The van der Waals surface area contributed by atoms with Gasteiger partial charge in [-0.3, -0.25) is 0 Å². The number of allylic oxidation sites excluding steroid dienone is 1. The molecule has 0 bridgehead atoms. The smallest absolute Gasteiger partial charge is 0.0930 e. The Morgan fingerprint density at radius 1 is 0.667 bits per heavy atom. The summed E-state index contributed by atoms with van der Waals surface area (Å²) in [5.41, 5.74) is 6.40. The molecule has 0 heterocycles. The van der Waals surface area contributed by atoms with Crippen LogP contribution in [-0.4, -0.2) is 17.0 Å². The average Bonchev–Trinajstić information content (AvgIpc) is 2.72. The summed E-state index contributed by atoms with van der Waals surface area (Å²) < 4.78 is 0. The second-order valence-corrected chi connectivity index (χ2v) is 11.9. The van der Waals surface area contributed by atoms with Crippen LogP contribution in [-0.2, 0) is 19.5 Å². The van der Waals surface area contributed by atoms with Crippen LogP contribution in [0.5, 0.6) is 0 Å². The maximum atomic E-state index is 2.60. The fourth-order valence-electron chi connectivity index (χ4n) is 5.86. The molecule has 0 aromatic heterocycles. The molecule has 1 aromatic rings. The molecule has 4 rings (SSSR count). The largest absolute Gasteiger partial charge is 2.00 e. The van der Waals surface area contributed by atoms with Gasteiger partial charge in [-0.2, -0.15) is 0 Å². The van der Waals surface area contributed by atoms with Crippen LogP contribution < -0.4 is 0 Å². The summed E-state index contributed by atoms with van der Waals surface area (Å²) in [6.45, 7) is 0. The zero-order valence-corrected chi connectivity index (χ0v) is 19.5. The van der Waals surface area contributed by atoms with E-state index in [-0.39, 0.29) is 27.4 Å². The maximum Gasteiger partial charge on any atom is 2.00 e. The maximum absolute atomic E-state index is 2.60. The van der Waals surface area contributed by atoms with Crippen LogP contribution >= 0.6 is 7.92 Å². The molecule has 0 nitrogen and oxygen atoms in total. The standard InChI is InChI=1S/C25H37P.Ru/c1-4-12-21(13-5-1)20-22-14-10-11-19-25(22)26(23-15-6-2-7-16-23)24-17-8-3-9-18-24;/h1,4-5,12-13,20,23-25H,2-3,6-11,14-19H2;/q;+2. The fraction of sp³-hybridized carbons (Fsp3) is 0.680. The van der Waals surface area contributed by atoms with Gasteiger partial charge in [-0.15, -0.1) is 0 Å². The predicted octanol–water partition coefficient (Wildman–Crippen LogP) is 8.16. The van der Waals surface area contributed by atoms with Gasteiger partial charge >= 0.3 is 19.5 Å². The van der Waals surface area contributed by atoms with E-state index in [1.165, 1.54) is 69.8 Å². The van der Waals surface area contributed by atoms with Gasteiger partial charge in [-0.25, -0.2) is 0 Å². The number of hydrogen-bond acceptors (Lipinski definition) is 0. The van der Waals surface area contributed by atoms with Crippen molar-refractivity contribution in [1.29, 1.82) is 0 Å². The third-order valence-electron chi connectivity index (χ3n) is 7.13. The van der Waals surface area contributed by atoms with Crippen molar-refractivity contribution in [2.45, 2.75) is 107 Å². The van der Waals surface area contributed by atoms with E-state index in [1.807, 2.05) is 5.57 Å². The van der Waals surface area contributed by atoms with Gasteiger partial charge in [0.05, 0.1) is 0 Å². The van der Waals surface area contributed by atoms with Crippen LogP contribution in [0, 0.1) is 0 Å². The molecule has 1 atom stereocenters. The molecule has 1 aromatic carbocycles. The zero-order valence-electron chi connectivity index (χ0n) is 16.9. The van der Waals surface area contributed by atoms with Gasteiger partial charge in [0.1, 0.15) is 0 Å². The average molecular weight is 470 g/mol. The predicted molar refractivity (Wildman–Crippen MR) is 117 cm³/mol. The molecule has 0 N–H and O–H groups in total. The van der Waals surface area contributed by atoms with Gasteiger partial charge in [0.2, 0.25) is 0 Å². The topological polar surface area (TPSA) is 0 Å². The van der Waals surface area contributed by atoms with Gasteiger partial charge < -0.3 is 0 Å². The van der Waals surface area contributed by atoms with Gasteiger partial charge in [-0.1, -0.05) is 94.8 Å². The first kappa shape index (κ1) is 21.7. The van der Waals surface area contributed by atoms with Gasteiger partial charge in [0.15, 0.2) is 0 Å². The van der Waals surface area contributed by atoms with Gasteiger partial charge in [-0.05, 0) is 61.8 Å². The Bertz CT molecular complexity index is 551. The minimum absolute atomic E-state index is 0. The molecule has 148 valence electrons. The van der Waals surface area contributed by atoms with Crippen LogP contribution in [0.4, 0.5) is 0 Å². The summed E-state index contributed by atoms with van der Waals surface area (Å²) in [5, 5.41) is 0. The zero-order chi connectivity index (χ0) is 17.6. The summed E-state index contributed by atoms with van der Waals surface area (Å²) in [6.07, 6.45) is 23.7. The van der Waals surface area contributed by atoms with E-state index in [1.54, 1.807) is 25.7 Å². The molecule has 3 aliphatic rings. The molecule has 0 aliphatic heterocycles. The van der Waals surface area contributed by atoms with Crippen LogP contribution in [0.25, 0.3) is 6.08 Å². The Balaban J connectivity index is 0.00000210. The number of benzene rings is 1. The van der Waals surface area contributed by atoms with Crippen molar-refractivity contribution in [3.05, 3.63) is 41.5 Å². The van der Waals surface area contributed by atoms with Gasteiger partial charge in [0, 0.05) is 5.66 Å². The molecule has 0 spiro atoms. The minimum Gasteiger partial charge on any atom is -0.0930 e. The van der Waals surface area contributed by atoms with E-state index in [0.29, 0.717) is 0 Å². The molecule has 1 unspecified atom stereocenters. The van der Waals surface area contributed by atoms with E-state index in [2.05, 4.69) is 36.4 Å². The Hall–Kier alpha value is 0.0134. The van der Waals surface area contributed by atoms with Crippen LogP contribution in [0.1, 0.15) is 95.5 Å². The summed E-state index contributed by atoms with van der Waals surface area (Å²) in [7, 11) is 0.181. The molecular formula is C25H37PRu+2. The summed E-state index contributed by atoms with van der Waals surface area (Å²) in [5.74, 6) is 0. The van der Waals surface area contributed by atoms with E-state index in [4.69, 9.17) is 0 Å². The second kappa shape index (κ2) is 11.3. The number of hydrogen-bond donors (Lipinski definition) is 0. The Labute approximate surface area is 181 Å².